The van der Waals surface area contributed by atoms with Gasteiger partial charge in [0.1, 0.15) is 12.1 Å². The highest BCUT2D eigenvalue weighted by atomic mass is 16.4. The minimum absolute atomic E-state index is 0.296. The van der Waals surface area contributed by atoms with Crippen LogP contribution in [0.25, 0.3) is 0 Å². The van der Waals surface area contributed by atoms with E-state index in [0.717, 1.165) is 25.7 Å². The maximum Gasteiger partial charge on any atom is 0.326 e. The zero-order valence-corrected chi connectivity index (χ0v) is 17.4. The van der Waals surface area contributed by atoms with Crippen molar-refractivity contribution in [1.29, 1.82) is 0 Å². The first kappa shape index (κ1) is 23.6. The van der Waals surface area contributed by atoms with E-state index in [-0.39, 0.29) is 5.91 Å². The summed E-state index contributed by atoms with van der Waals surface area (Å²) >= 11 is 0. The summed E-state index contributed by atoms with van der Waals surface area (Å²) in [4.78, 5) is 37.8. The van der Waals surface area contributed by atoms with Gasteiger partial charge in [-0.3, -0.25) is 14.9 Å². The van der Waals surface area contributed by atoms with Gasteiger partial charge in [0.2, 0.25) is 5.91 Å². The molecule has 0 aromatic heterocycles. The highest BCUT2D eigenvalue weighted by Crippen LogP contribution is 2.28. The number of carbonyl (C=O) groups is 3. The van der Waals surface area contributed by atoms with Crippen molar-refractivity contribution < 1.29 is 24.6 Å². The largest absolute Gasteiger partial charge is 0.480 e. The fraction of sp³-hybridized carbons (Fsp3) is 0.857. The van der Waals surface area contributed by atoms with Crippen LogP contribution in [-0.4, -0.2) is 64.2 Å². The lowest BCUT2D eigenvalue weighted by molar-refractivity contribution is -0.149. The van der Waals surface area contributed by atoms with Crippen molar-refractivity contribution in [2.24, 2.45) is 11.7 Å². The van der Waals surface area contributed by atoms with Crippen molar-refractivity contribution in [3.63, 3.8) is 0 Å². The molecule has 1 amide bonds. The molecule has 1 aliphatic heterocycles. The minimum atomic E-state index is -0.997. The molecule has 8 nitrogen and oxygen atoms in total. The number of unbranched alkanes of at least 4 members (excludes halogenated alkanes) is 1. The highest BCUT2D eigenvalue weighted by molar-refractivity contribution is 5.88. The van der Waals surface area contributed by atoms with Gasteiger partial charge in [0.25, 0.3) is 0 Å². The molecule has 29 heavy (non-hydrogen) atoms. The third-order valence-electron chi connectivity index (χ3n) is 6.35. The summed E-state index contributed by atoms with van der Waals surface area (Å²) in [6, 6.07) is -2.30. The summed E-state index contributed by atoms with van der Waals surface area (Å²) in [5, 5.41) is 22.2. The van der Waals surface area contributed by atoms with Gasteiger partial charge in [0.05, 0.1) is 6.04 Å². The average molecular weight is 412 g/mol. The molecule has 2 aliphatic rings. The van der Waals surface area contributed by atoms with E-state index in [2.05, 4.69) is 5.32 Å². The Bertz CT molecular complexity index is 550. The van der Waals surface area contributed by atoms with Crippen LogP contribution in [0.3, 0.4) is 0 Å². The second kappa shape index (κ2) is 12.1. The van der Waals surface area contributed by atoms with Gasteiger partial charge in [-0.05, 0) is 51.0 Å². The Morgan fingerprint density at radius 1 is 0.966 bits per heavy atom. The van der Waals surface area contributed by atoms with Gasteiger partial charge in [-0.25, -0.2) is 4.79 Å². The van der Waals surface area contributed by atoms with Crippen molar-refractivity contribution in [1.82, 2.24) is 10.2 Å². The van der Waals surface area contributed by atoms with Crippen LogP contribution < -0.4 is 11.1 Å². The van der Waals surface area contributed by atoms with Crippen LogP contribution in [0, 0.1) is 5.92 Å². The second-order valence-corrected chi connectivity index (χ2v) is 8.50. The molecule has 1 saturated heterocycles. The molecule has 166 valence electrons. The number of likely N-dealkylation sites (tertiary alicyclic amines) is 1. The number of hydrogen-bond acceptors (Lipinski definition) is 5. The summed E-state index contributed by atoms with van der Waals surface area (Å²) in [5.41, 5.74) is 5.57. The molecule has 8 heteroatoms. The number of nitrogens with one attached hydrogen (secondary N) is 1. The van der Waals surface area contributed by atoms with E-state index in [1.54, 1.807) is 0 Å². The molecule has 3 unspecified atom stereocenters. The molecule has 3 atom stereocenters. The molecule has 0 bridgehead atoms. The van der Waals surface area contributed by atoms with Gasteiger partial charge in [-0.15, -0.1) is 0 Å². The van der Waals surface area contributed by atoms with Crippen molar-refractivity contribution in [3.05, 3.63) is 0 Å². The Morgan fingerprint density at radius 3 is 2.31 bits per heavy atom. The number of carboxylic acid groups (broad SMARTS) is 2. The van der Waals surface area contributed by atoms with Gasteiger partial charge in [0.15, 0.2) is 0 Å². The Morgan fingerprint density at radius 2 is 1.69 bits per heavy atom. The monoisotopic (exact) mass is 411 g/mol. The quantitative estimate of drug-likeness (QED) is 0.361. The van der Waals surface area contributed by atoms with E-state index in [0.29, 0.717) is 51.1 Å². The normalized spacial score (nSPS) is 22.4. The summed E-state index contributed by atoms with van der Waals surface area (Å²) in [6.07, 6.45) is 10.3. The third kappa shape index (κ3) is 7.26. The second-order valence-electron chi connectivity index (χ2n) is 8.50. The molecule has 0 aromatic rings. The number of nitrogens with two attached hydrogens (primary N) is 1. The Balaban J connectivity index is 2.02. The summed E-state index contributed by atoms with van der Waals surface area (Å²) in [5.74, 6) is -1.68. The lowest BCUT2D eigenvalue weighted by atomic mass is 9.85. The van der Waals surface area contributed by atoms with Crippen LogP contribution >= 0.6 is 0 Å². The summed E-state index contributed by atoms with van der Waals surface area (Å²) in [6.45, 7) is 0.914. The van der Waals surface area contributed by atoms with Crippen LogP contribution in [0.1, 0.15) is 77.0 Å². The number of carbonyl (C=O) groups excluding carboxylic acids is 1. The van der Waals surface area contributed by atoms with Crippen molar-refractivity contribution in [2.45, 2.75) is 95.2 Å². The van der Waals surface area contributed by atoms with Crippen LogP contribution in [0.4, 0.5) is 0 Å². The van der Waals surface area contributed by atoms with Crippen molar-refractivity contribution in [3.8, 4) is 0 Å². The first-order chi connectivity index (χ1) is 13.9. The first-order valence-electron chi connectivity index (χ1n) is 11.2. The van der Waals surface area contributed by atoms with E-state index in [1.165, 1.54) is 24.2 Å². The van der Waals surface area contributed by atoms with Crippen LogP contribution in [0.15, 0.2) is 0 Å². The number of rotatable bonds is 12. The lowest BCUT2D eigenvalue weighted by Crippen LogP contribution is -2.54. The van der Waals surface area contributed by atoms with E-state index in [4.69, 9.17) is 5.73 Å². The van der Waals surface area contributed by atoms with Crippen LogP contribution in [-0.2, 0) is 14.4 Å². The summed E-state index contributed by atoms with van der Waals surface area (Å²) < 4.78 is 0. The molecule has 1 aliphatic carbocycles. The molecular formula is C21H37N3O5. The van der Waals surface area contributed by atoms with Gasteiger partial charge >= 0.3 is 11.9 Å². The number of amides is 1. The van der Waals surface area contributed by atoms with Crippen LogP contribution in [0.2, 0.25) is 0 Å². The SMILES string of the molecule is NCCCCC(NC(CCC1CCCCC1)C(=O)O)C(=O)N1CCCC1C(=O)O. The van der Waals surface area contributed by atoms with Crippen molar-refractivity contribution >= 4 is 17.8 Å². The topological polar surface area (TPSA) is 133 Å². The smallest absolute Gasteiger partial charge is 0.326 e. The molecule has 0 spiro atoms. The van der Waals surface area contributed by atoms with E-state index >= 15 is 0 Å². The summed E-state index contributed by atoms with van der Waals surface area (Å²) in [7, 11) is 0. The fourth-order valence-corrected chi connectivity index (χ4v) is 4.66. The number of carboxylic acids is 2. The van der Waals surface area contributed by atoms with E-state index in [1.807, 2.05) is 0 Å². The first-order valence-corrected chi connectivity index (χ1v) is 11.2. The predicted octanol–water partition coefficient (Wildman–Crippen LogP) is 1.96. The van der Waals surface area contributed by atoms with Gasteiger partial charge < -0.3 is 20.8 Å². The third-order valence-corrected chi connectivity index (χ3v) is 6.35. The molecule has 0 radical (unpaired) electrons. The molecule has 5 N–H and O–H groups in total. The average Bonchev–Trinajstić information content (AvgIpc) is 3.20. The van der Waals surface area contributed by atoms with Crippen LogP contribution in [0.5, 0.6) is 0 Å². The fourth-order valence-electron chi connectivity index (χ4n) is 4.66. The van der Waals surface area contributed by atoms with Gasteiger partial charge in [-0.2, -0.15) is 0 Å². The van der Waals surface area contributed by atoms with E-state index < -0.39 is 30.1 Å². The zero-order chi connectivity index (χ0) is 21.2. The molecular weight excluding hydrogens is 374 g/mol. The van der Waals surface area contributed by atoms with E-state index in [9.17, 15) is 24.6 Å². The maximum absolute atomic E-state index is 13.1. The Kier molecular flexibility index (Phi) is 9.87. The predicted molar refractivity (Wildman–Crippen MR) is 109 cm³/mol. The maximum atomic E-state index is 13.1. The van der Waals surface area contributed by atoms with Crippen molar-refractivity contribution in [2.75, 3.05) is 13.1 Å². The van der Waals surface area contributed by atoms with Gasteiger partial charge in [0, 0.05) is 6.54 Å². The molecule has 2 fully saturated rings. The molecule has 0 aromatic carbocycles. The standard InChI is InChI=1S/C21H37N3O5/c22-13-5-4-9-16(19(25)24-14-6-10-18(24)21(28)29)23-17(20(26)27)12-11-15-7-2-1-3-8-15/h15-18,23H,1-14,22H2,(H,26,27)(H,28,29). The zero-order valence-electron chi connectivity index (χ0n) is 17.4. The Hall–Kier alpha value is -1.67. The minimum Gasteiger partial charge on any atom is -0.480 e. The molecule has 2 rings (SSSR count). The molecule has 1 heterocycles. The highest BCUT2D eigenvalue weighted by Gasteiger charge is 2.38. The number of hydrogen-bond donors (Lipinski definition) is 4. The van der Waals surface area contributed by atoms with Gasteiger partial charge in [-0.1, -0.05) is 38.5 Å². The Labute approximate surface area is 173 Å². The number of nitrogens with zero attached hydrogens (tertiary/aromatic N) is 1. The lowest BCUT2D eigenvalue weighted by Gasteiger charge is -2.30. The number of aliphatic carboxylic acids is 2. The molecule has 1 saturated carbocycles.